The van der Waals surface area contributed by atoms with E-state index >= 15 is 0 Å². The lowest BCUT2D eigenvalue weighted by atomic mass is 10.0. The molecule has 2 aliphatic rings. The largest absolute Gasteiger partial charge is 0.378 e. The molecule has 1 aromatic carbocycles. The normalized spacial score (nSPS) is 27.1. The van der Waals surface area contributed by atoms with Crippen molar-refractivity contribution in [1.29, 1.82) is 0 Å². The number of carbonyl (C=O) groups is 1. The average molecular weight is 246 g/mol. The van der Waals surface area contributed by atoms with E-state index in [4.69, 9.17) is 4.74 Å². The van der Waals surface area contributed by atoms with Gasteiger partial charge in [-0.1, -0.05) is 25.1 Å². The number of rotatable bonds is 1. The highest BCUT2D eigenvalue weighted by Crippen LogP contribution is 2.35. The van der Waals surface area contributed by atoms with Crippen LogP contribution >= 0.6 is 0 Å². The lowest BCUT2D eigenvalue weighted by molar-refractivity contribution is -0.123. The van der Waals surface area contributed by atoms with Gasteiger partial charge in [-0.2, -0.15) is 0 Å². The van der Waals surface area contributed by atoms with Crippen LogP contribution in [0.4, 0.5) is 5.69 Å². The number of nitrogens with zero attached hydrogens (tertiary/aromatic N) is 1. The predicted molar refractivity (Wildman–Crippen MR) is 69.8 cm³/mol. The van der Waals surface area contributed by atoms with Gasteiger partial charge in [0.05, 0.1) is 13.2 Å². The fourth-order valence-electron chi connectivity index (χ4n) is 2.74. The average Bonchev–Trinajstić information content (AvgIpc) is 2.77. The molecule has 4 heteroatoms. The number of hydrogen-bond acceptors (Lipinski definition) is 3. The molecule has 2 aliphatic heterocycles. The summed E-state index contributed by atoms with van der Waals surface area (Å²) in [4.78, 5) is 14.4. The molecule has 1 fully saturated rings. The monoisotopic (exact) mass is 246 g/mol. The summed E-state index contributed by atoms with van der Waals surface area (Å²) in [7, 11) is 0. The number of morpholine rings is 1. The van der Waals surface area contributed by atoms with Gasteiger partial charge < -0.3 is 15.0 Å². The number of anilines is 1. The Morgan fingerprint density at radius 2 is 2.28 bits per heavy atom. The van der Waals surface area contributed by atoms with Gasteiger partial charge in [-0.15, -0.1) is 0 Å². The zero-order valence-electron chi connectivity index (χ0n) is 10.6. The van der Waals surface area contributed by atoms with Crippen molar-refractivity contribution >= 4 is 11.6 Å². The van der Waals surface area contributed by atoms with Crippen LogP contribution in [0.15, 0.2) is 24.3 Å². The number of hydrogen-bond donors (Lipinski definition) is 1. The molecular weight excluding hydrogens is 228 g/mol. The molecule has 0 spiro atoms. The molecule has 0 aromatic heterocycles. The van der Waals surface area contributed by atoms with Crippen LogP contribution in [0, 0.1) is 0 Å². The van der Waals surface area contributed by atoms with E-state index in [9.17, 15) is 4.79 Å². The Hall–Kier alpha value is -1.39. The molecule has 0 unspecified atom stereocenters. The summed E-state index contributed by atoms with van der Waals surface area (Å²) in [5.41, 5.74) is 2.32. The van der Waals surface area contributed by atoms with E-state index in [1.807, 2.05) is 23.1 Å². The minimum atomic E-state index is -0.197. The highest BCUT2D eigenvalue weighted by Gasteiger charge is 2.33. The predicted octanol–water partition coefficient (Wildman–Crippen LogP) is 1.13. The summed E-state index contributed by atoms with van der Waals surface area (Å²) < 4.78 is 5.37. The molecule has 96 valence electrons. The van der Waals surface area contributed by atoms with Gasteiger partial charge in [0.15, 0.2) is 0 Å². The molecule has 0 aliphatic carbocycles. The van der Waals surface area contributed by atoms with E-state index in [1.54, 1.807) is 0 Å². The lowest BCUT2D eigenvalue weighted by Gasteiger charge is -2.27. The van der Waals surface area contributed by atoms with E-state index in [0.717, 1.165) is 18.8 Å². The number of fused-ring (bicyclic) bond motifs is 1. The molecule has 2 heterocycles. The number of carbonyl (C=O) groups excluding carboxylic acids is 1. The quantitative estimate of drug-likeness (QED) is 0.807. The second-order valence-electron chi connectivity index (χ2n) is 4.99. The van der Waals surface area contributed by atoms with Crippen LogP contribution in [0.1, 0.15) is 18.4 Å². The minimum absolute atomic E-state index is 0.131. The molecule has 1 saturated heterocycles. The van der Waals surface area contributed by atoms with Crippen molar-refractivity contribution in [3.63, 3.8) is 0 Å². The van der Waals surface area contributed by atoms with Crippen LogP contribution in [-0.4, -0.2) is 38.3 Å². The zero-order chi connectivity index (χ0) is 12.5. The second kappa shape index (κ2) is 4.71. The smallest absolute Gasteiger partial charge is 0.246 e. The van der Waals surface area contributed by atoms with Crippen LogP contribution < -0.4 is 10.2 Å². The molecule has 1 aromatic rings. The molecule has 18 heavy (non-hydrogen) atoms. The standard InChI is InChI=1S/C14H18N2O2/c1-10-8-16(13-5-3-2-4-11(10)13)14(17)12-9-18-7-6-15-12/h2-5,10,12,15H,6-9H2,1H3/t10-,12-/m1/s1. The summed E-state index contributed by atoms with van der Waals surface area (Å²) >= 11 is 0. The van der Waals surface area contributed by atoms with Gasteiger partial charge in [0, 0.05) is 24.7 Å². The highest BCUT2D eigenvalue weighted by molar-refractivity contribution is 5.99. The van der Waals surface area contributed by atoms with Crippen molar-refractivity contribution < 1.29 is 9.53 Å². The highest BCUT2D eigenvalue weighted by atomic mass is 16.5. The topological polar surface area (TPSA) is 41.6 Å². The molecule has 1 N–H and O–H groups in total. The van der Waals surface area contributed by atoms with Gasteiger partial charge >= 0.3 is 0 Å². The van der Waals surface area contributed by atoms with E-state index in [0.29, 0.717) is 19.1 Å². The van der Waals surface area contributed by atoms with E-state index in [1.165, 1.54) is 5.56 Å². The second-order valence-corrected chi connectivity index (χ2v) is 4.99. The number of benzene rings is 1. The number of para-hydroxylation sites is 1. The van der Waals surface area contributed by atoms with Crippen LogP contribution in [-0.2, 0) is 9.53 Å². The third kappa shape index (κ3) is 1.91. The molecule has 0 radical (unpaired) electrons. The molecule has 2 atom stereocenters. The Morgan fingerprint density at radius 3 is 3.06 bits per heavy atom. The number of nitrogens with one attached hydrogen (secondary N) is 1. The third-order valence-corrected chi connectivity index (χ3v) is 3.70. The lowest BCUT2D eigenvalue weighted by Crippen LogP contribution is -2.52. The van der Waals surface area contributed by atoms with Crippen LogP contribution in [0.25, 0.3) is 0 Å². The fraction of sp³-hybridized carbons (Fsp3) is 0.500. The van der Waals surface area contributed by atoms with Crippen molar-refractivity contribution in [2.45, 2.75) is 18.9 Å². The maximum Gasteiger partial charge on any atom is 0.246 e. The Kier molecular flexibility index (Phi) is 3.06. The first-order valence-corrected chi connectivity index (χ1v) is 6.49. The SMILES string of the molecule is C[C@@H]1CN(C(=O)[C@H]2COCCN2)c2ccccc21. The first-order valence-electron chi connectivity index (χ1n) is 6.49. The first-order chi connectivity index (χ1) is 8.77. The van der Waals surface area contributed by atoms with Crippen molar-refractivity contribution in [3.05, 3.63) is 29.8 Å². The van der Waals surface area contributed by atoms with Crippen molar-refractivity contribution in [2.75, 3.05) is 31.2 Å². The Labute approximate surface area is 107 Å². The van der Waals surface area contributed by atoms with Crippen LogP contribution in [0.2, 0.25) is 0 Å². The number of ether oxygens (including phenoxy) is 1. The molecule has 0 bridgehead atoms. The first kappa shape index (κ1) is 11.7. The summed E-state index contributed by atoms with van der Waals surface area (Å²) in [6, 6.07) is 7.96. The third-order valence-electron chi connectivity index (χ3n) is 3.70. The van der Waals surface area contributed by atoms with Gasteiger partial charge in [-0.05, 0) is 11.6 Å². The molecule has 4 nitrogen and oxygen atoms in total. The van der Waals surface area contributed by atoms with E-state index < -0.39 is 0 Å². The fourth-order valence-corrected chi connectivity index (χ4v) is 2.74. The maximum absolute atomic E-state index is 12.5. The maximum atomic E-state index is 12.5. The van der Waals surface area contributed by atoms with Gasteiger partial charge in [0.1, 0.15) is 6.04 Å². The van der Waals surface area contributed by atoms with E-state index in [-0.39, 0.29) is 11.9 Å². The minimum Gasteiger partial charge on any atom is -0.378 e. The van der Waals surface area contributed by atoms with E-state index in [2.05, 4.69) is 18.3 Å². The summed E-state index contributed by atoms with van der Waals surface area (Å²) in [6.45, 7) is 4.86. The van der Waals surface area contributed by atoms with Crippen molar-refractivity contribution in [2.24, 2.45) is 0 Å². The molecular formula is C14H18N2O2. The summed E-state index contributed by atoms with van der Waals surface area (Å²) in [6.07, 6.45) is 0. The Morgan fingerprint density at radius 1 is 1.44 bits per heavy atom. The summed E-state index contributed by atoms with van der Waals surface area (Å²) in [5, 5.41) is 3.23. The Balaban J connectivity index is 1.83. The van der Waals surface area contributed by atoms with Crippen LogP contribution in [0.3, 0.4) is 0 Å². The molecule has 1 amide bonds. The van der Waals surface area contributed by atoms with Gasteiger partial charge in [0.25, 0.3) is 0 Å². The molecule has 3 rings (SSSR count). The zero-order valence-corrected chi connectivity index (χ0v) is 10.6. The van der Waals surface area contributed by atoms with Crippen molar-refractivity contribution in [3.8, 4) is 0 Å². The van der Waals surface area contributed by atoms with Crippen molar-refractivity contribution in [1.82, 2.24) is 5.32 Å². The van der Waals surface area contributed by atoms with Crippen LogP contribution in [0.5, 0.6) is 0 Å². The Bertz CT molecular complexity index is 455. The summed E-state index contributed by atoms with van der Waals surface area (Å²) in [5.74, 6) is 0.543. The van der Waals surface area contributed by atoms with Gasteiger partial charge in [-0.25, -0.2) is 0 Å². The number of amides is 1. The van der Waals surface area contributed by atoms with Gasteiger partial charge in [0.2, 0.25) is 5.91 Å². The van der Waals surface area contributed by atoms with Gasteiger partial charge in [-0.3, -0.25) is 4.79 Å². The molecule has 0 saturated carbocycles.